The lowest BCUT2D eigenvalue weighted by Gasteiger charge is -2.45. The molecule has 1 atom stereocenters. The number of halogens is 2. The third-order valence-corrected chi connectivity index (χ3v) is 6.90. The Morgan fingerprint density at radius 3 is 2.17 bits per heavy atom. The maximum Gasteiger partial charge on any atom is 0.329 e. The van der Waals surface area contributed by atoms with Gasteiger partial charge in [-0.05, 0) is 71.6 Å². The Morgan fingerprint density at radius 1 is 1.12 bits per heavy atom. The highest BCUT2D eigenvalue weighted by molar-refractivity contribution is 5.88. The van der Waals surface area contributed by atoms with Gasteiger partial charge in [0.1, 0.15) is 11.5 Å². The zero-order valence-corrected chi connectivity index (χ0v) is 24.7. The number of amides is 2. The first-order chi connectivity index (χ1) is 19.2. The van der Waals surface area contributed by atoms with E-state index in [1.54, 1.807) is 39.0 Å². The SMILES string of the molecule is C=C/C=C\C=C\CCCCN(C(=O)NC1(C(=O)O)CC(F)(F)C1)C(C)c1cc(OCC)c(C(C)(C)O)c(OCC)c1. The number of allylic oxidation sites excluding steroid dienone is 5. The molecular formula is C31H44F2N2O6. The lowest BCUT2D eigenvalue weighted by molar-refractivity contribution is -0.175. The number of nitrogens with one attached hydrogen (secondary N) is 1. The molecule has 0 aromatic heterocycles. The van der Waals surface area contributed by atoms with Gasteiger partial charge < -0.3 is 29.9 Å². The number of hydrogen-bond donors (Lipinski definition) is 3. The molecule has 41 heavy (non-hydrogen) atoms. The summed E-state index contributed by atoms with van der Waals surface area (Å²) >= 11 is 0. The predicted molar refractivity (Wildman–Crippen MR) is 155 cm³/mol. The van der Waals surface area contributed by atoms with Crippen LogP contribution in [-0.4, -0.2) is 58.3 Å². The summed E-state index contributed by atoms with van der Waals surface area (Å²) in [6, 6.07) is 2.09. The van der Waals surface area contributed by atoms with Crippen LogP contribution in [0.25, 0.3) is 0 Å². The van der Waals surface area contributed by atoms with Gasteiger partial charge in [-0.25, -0.2) is 18.4 Å². The minimum atomic E-state index is -3.15. The highest BCUT2D eigenvalue weighted by Gasteiger charge is 2.62. The van der Waals surface area contributed by atoms with Gasteiger partial charge in [-0.3, -0.25) is 0 Å². The van der Waals surface area contributed by atoms with Crippen LogP contribution in [0.1, 0.15) is 83.9 Å². The zero-order valence-electron chi connectivity index (χ0n) is 24.7. The van der Waals surface area contributed by atoms with Crippen LogP contribution >= 0.6 is 0 Å². The van der Waals surface area contributed by atoms with E-state index < -0.39 is 47.9 Å². The van der Waals surface area contributed by atoms with Crippen LogP contribution in [0.5, 0.6) is 11.5 Å². The van der Waals surface area contributed by atoms with E-state index in [1.165, 1.54) is 4.90 Å². The van der Waals surface area contributed by atoms with Crippen molar-refractivity contribution in [1.82, 2.24) is 10.2 Å². The number of urea groups is 1. The number of hydrogen-bond acceptors (Lipinski definition) is 5. The fourth-order valence-corrected chi connectivity index (χ4v) is 4.91. The first-order valence-electron chi connectivity index (χ1n) is 14.0. The number of alkyl halides is 2. The number of aliphatic carboxylic acids is 1. The monoisotopic (exact) mass is 578 g/mol. The summed E-state index contributed by atoms with van der Waals surface area (Å²) in [6.45, 7) is 13.1. The second-order valence-electron chi connectivity index (χ2n) is 10.8. The molecule has 2 rings (SSSR count). The van der Waals surface area contributed by atoms with Gasteiger partial charge in [0.15, 0.2) is 5.54 Å². The topological polar surface area (TPSA) is 108 Å². The van der Waals surface area contributed by atoms with Gasteiger partial charge in [0, 0.05) is 19.4 Å². The number of carboxylic acids is 1. The molecule has 1 unspecified atom stereocenters. The third-order valence-electron chi connectivity index (χ3n) is 6.90. The fraction of sp³-hybridized carbons (Fsp3) is 0.548. The van der Waals surface area contributed by atoms with Gasteiger partial charge in [0.25, 0.3) is 5.92 Å². The van der Waals surface area contributed by atoms with Gasteiger partial charge in [0.05, 0.1) is 30.4 Å². The van der Waals surface area contributed by atoms with Crippen LogP contribution in [0.3, 0.4) is 0 Å². The largest absolute Gasteiger partial charge is 0.493 e. The predicted octanol–water partition coefficient (Wildman–Crippen LogP) is 6.51. The maximum atomic E-state index is 13.7. The van der Waals surface area contributed by atoms with Crippen molar-refractivity contribution >= 4 is 12.0 Å². The van der Waals surface area contributed by atoms with E-state index in [4.69, 9.17) is 9.47 Å². The maximum absolute atomic E-state index is 13.7. The summed E-state index contributed by atoms with van der Waals surface area (Å²) < 4.78 is 39.2. The van der Waals surface area contributed by atoms with Crippen LogP contribution in [0.4, 0.5) is 13.6 Å². The Balaban J connectivity index is 2.42. The molecule has 228 valence electrons. The number of rotatable bonds is 16. The van der Waals surface area contributed by atoms with Crippen molar-refractivity contribution in [2.75, 3.05) is 19.8 Å². The van der Waals surface area contributed by atoms with Crippen LogP contribution in [-0.2, 0) is 10.4 Å². The van der Waals surface area contributed by atoms with Crippen LogP contribution in [0.15, 0.2) is 49.1 Å². The number of ether oxygens (including phenoxy) is 2. The average molecular weight is 579 g/mol. The van der Waals surface area contributed by atoms with E-state index >= 15 is 0 Å². The first-order valence-corrected chi connectivity index (χ1v) is 14.0. The van der Waals surface area contributed by atoms with Gasteiger partial charge in [0.2, 0.25) is 0 Å². The molecule has 1 fully saturated rings. The van der Waals surface area contributed by atoms with E-state index in [2.05, 4.69) is 11.9 Å². The lowest BCUT2D eigenvalue weighted by atomic mass is 9.73. The molecular weight excluding hydrogens is 534 g/mol. The van der Waals surface area contributed by atoms with E-state index in [1.807, 2.05) is 38.2 Å². The van der Waals surface area contributed by atoms with E-state index in [9.17, 15) is 28.6 Å². The molecule has 0 saturated heterocycles. The summed E-state index contributed by atoms with van der Waals surface area (Å²) in [5.74, 6) is -3.85. The molecule has 0 heterocycles. The Hall–Kier alpha value is -3.40. The standard InChI is InChI=1S/C31H44F2N2O6/c1-7-10-11-12-13-14-15-16-17-35(28(38)34-30(27(36)37)20-31(32,33)21-30)22(4)23-18-24(40-8-2)26(29(5,6)39)25(19-23)41-9-3/h7,10-13,18-19,22,39H,1,8-9,14-17,20-21H2,2-6H3,(H,34,38)(H,36,37)/b11-10-,13-12+. The van der Waals surface area contributed by atoms with Crippen LogP contribution in [0, 0.1) is 0 Å². The molecule has 0 spiro atoms. The average Bonchev–Trinajstić information content (AvgIpc) is 2.85. The number of carbonyl (C=O) groups excluding carboxylic acids is 1. The fourth-order valence-electron chi connectivity index (χ4n) is 4.91. The van der Waals surface area contributed by atoms with Crippen LogP contribution < -0.4 is 14.8 Å². The minimum Gasteiger partial charge on any atom is -0.493 e. The summed E-state index contributed by atoms with van der Waals surface area (Å²) in [5.41, 5.74) is -2.23. The van der Waals surface area contributed by atoms with Gasteiger partial charge in [-0.15, -0.1) is 0 Å². The highest BCUT2D eigenvalue weighted by atomic mass is 19.3. The smallest absolute Gasteiger partial charge is 0.329 e. The number of carbonyl (C=O) groups is 2. The summed E-state index contributed by atoms with van der Waals surface area (Å²) in [7, 11) is 0. The van der Waals surface area contributed by atoms with E-state index in [-0.39, 0.29) is 6.54 Å². The molecule has 0 bridgehead atoms. The Bertz CT molecular complexity index is 1090. The summed E-state index contributed by atoms with van der Waals surface area (Å²) in [5, 5.41) is 22.9. The van der Waals surface area contributed by atoms with Gasteiger partial charge >= 0.3 is 12.0 Å². The number of unbranched alkanes of at least 4 members (excludes halogenated alkanes) is 2. The van der Waals surface area contributed by atoms with Crippen molar-refractivity contribution in [3.05, 3.63) is 60.2 Å². The van der Waals surface area contributed by atoms with Crippen molar-refractivity contribution in [3.8, 4) is 11.5 Å². The quantitative estimate of drug-likeness (QED) is 0.153. The Labute approximate surface area is 241 Å². The van der Waals surface area contributed by atoms with Crippen molar-refractivity contribution in [3.63, 3.8) is 0 Å². The minimum absolute atomic E-state index is 0.247. The molecule has 1 aliphatic rings. The molecule has 1 saturated carbocycles. The third kappa shape index (κ3) is 9.05. The zero-order chi connectivity index (χ0) is 30.8. The highest BCUT2D eigenvalue weighted by Crippen LogP contribution is 2.46. The van der Waals surface area contributed by atoms with Crippen LogP contribution in [0.2, 0.25) is 0 Å². The molecule has 8 nitrogen and oxygen atoms in total. The number of carboxylic acid groups (broad SMARTS) is 1. The second kappa shape index (κ2) is 14.5. The van der Waals surface area contributed by atoms with Crippen molar-refractivity contribution in [1.29, 1.82) is 0 Å². The molecule has 3 N–H and O–H groups in total. The normalized spacial score (nSPS) is 16.7. The van der Waals surface area contributed by atoms with Crippen molar-refractivity contribution in [2.45, 2.75) is 89.8 Å². The molecule has 0 radical (unpaired) electrons. The number of benzene rings is 1. The van der Waals surface area contributed by atoms with E-state index in [0.717, 1.165) is 12.8 Å². The Kier molecular flexibility index (Phi) is 11.9. The first kappa shape index (κ1) is 33.8. The number of aliphatic hydroxyl groups is 1. The molecule has 1 aromatic carbocycles. The lowest BCUT2D eigenvalue weighted by Crippen LogP contribution is -2.68. The summed E-state index contributed by atoms with van der Waals surface area (Å²) in [6.07, 6.45) is 9.38. The second-order valence-corrected chi connectivity index (χ2v) is 10.8. The Morgan fingerprint density at radius 2 is 1.71 bits per heavy atom. The molecule has 0 aliphatic heterocycles. The molecule has 1 aromatic rings. The van der Waals surface area contributed by atoms with Gasteiger partial charge in [-0.1, -0.05) is 37.0 Å². The number of nitrogens with zero attached hydrogens (tertiary/aromatic N) is 1. The molecule has 1 aliphatic carbocycles. The van der Waals surface area contributed by atoms with Crippen molar-refractivity contribution < 1.29 is 38.1 Å². The van der Waals surface area contributed by atoms with Crippen molar-refractivity contribution in [2.24, 2.45) is 0 Å². The summed E-state index contributed by atoms with van der Waals surface area (Å²) in [4.78, 5) is 26.9. The van der Waals surface area contributed by atoms with Gasteiger partial charge in [-0.2, -0.15) is 0 Å². The van der Waals surface area contributed by atoms with E-state index in [0.29, 0.717) is 42.3 Å². The molecule has 2 amide bonds. The molecule has 10 heteroatoms.